The summed E-state index contributed by atoms with van der Waals surface area (Å²) in [6, 6.07) is 9.75. The molecule has 2 nitrogen and oxygen atoms in total. The summed E-state index contributed by atoms with van der Waals surface area (Å²) in [5, 5.41) is 9.68. The van der Waals surface area contributed by atoms with Crippen molar-refractivity contribution in [2.24, 2.45) is 0 Å². The van der Waals surface area contributed by atoms with Gasteiger partial charge in [-0.25, -0.2) is 4.98 Å². The lowest BCUT2D eigenvalue weighted by molar-refractivity contribution is 0.579. The number of benzene rings is 1. The Balaban J connectivity index is 2.60. The fourth-order valence-electron chi connectivity index (χ4n) is 1.64. The van der Waals surface area contributed by atoms with Crippen LogP contribution >= 0.6 is 23.2 Å². The molecule has 0 atom stereocenters. The Morgan fingerprint density at radius 3 is 2.56 bits per heavy atom. The number of aromatic nitrogens is 1. The van der Waals surface area contributed by atoms with Crippen molar-refractivity contribution >= 4 is 23.2 Å². The van der Waals surface area contributed by atoms with Gasteiger partial charge < -0.3 is 0 Å². The Labute approximate surface area is 114 Å². The van der Waals surface area contributed by atoms with E-state index in [9.17, 15) is 4.39 Å². The van der Waals surface area contributed by atoms with E-state index in [1.54, 1.807) is 24.3 Å². The molecule has 18 heavy (non-hydrogen) atoms. The lowest BCUT2D eigenvalue weighted by Crippen LogP contribution is -1.96. The van der Waals surface area contributed by atoms with Gasteiger partial charge in [0.15, 0.2) is 0 Å². The molecule has 1 aromatic carbocycles. The van der Waals surface area contributed by atoms with Gasteiger partial charge in [-0.3, -0.25) is 0 Å². The van der Waals surface area contributed by atoms with E-state index in [-0.39, 0.29) is 6.42 Å². The van der Waals surface area contributed by atoms with E-state index in [0.29, 0.717) is 26.9 Å². The van der Waals surface area contributed by atoms with E-state index in [0.717, 1.165) is 0 Å². The van der Waals surface area contributed by atoms with Gasteiger partial charge in [0.2, 0.25) is 5.95 Å². The summed E-state index contributed by atoms with van der Waals surface area (Å²) >= 11 is 11.9. The summed E-state index contributed by atoms with van der Waals surface area (Å²) in [5.74, 6) is -0.617. The molecule has 2 rings (SSSR count). The van der Waals surface area contributed by atoms with E-state index in [4.69, 9.17) is 28.5 Å². The minimum atomic E-state index is -0.617. The second kappa shape index (κ2) is 5.34. The molecule has 0 aliphatic heterocycles. The highest BCUT2D eigenvalue weighted by molar-refractivity contribution is 6.36. The molecule has 1 heterocycles. The number of hydrogen-bond acceptors (Lipinski definition) is 2. The molecule has 2 aromatic rings. The quantitative estimate of drug-likeness (QED) is 0.771. The van der Waals surface area contributed by atoms with Crippen molar-refractivity contribution in [1.82, 2.24) is 4.98 Å². The molecule has 0 aliphatic rings. The fraction of sp³-hybridized carbons (Fsp3) is 0.0769. The minimum absolute atomic E-state index is 0.0199. The number of nitriles is 1. The average Bonchev–Trinajstić information content (AvgIpc) is 2.31. The zero-order chi connectivity index (χ0) is 13.1. The van der Waals surface area contributed by atoms with Crippen molar-refractivity contribution in [2.45, 2.75) is 6.42 Å². The molecule has 0 saturated heterocycles. The molecule has 0 N–H and O–H groups in total. The van der Waals surface area contributed by atoms with E-state index in [1.807, 2.05) is 6.07 Å². The van der Waals surface area contributed by atoms with Crippen LogP contribution in [-0.4, -0.2) is 4.98 Å². The van der Waals surface area contributed by atoms with Gasteiger partial charge in [-0.2, -0.15) is 9.65 Å². The molecular formula is C13H7Cl2FN2. The zero-order valence-electron chi connectivity index (χ0n) is 9.12. The van der Waals surface area contributed by atoms with E-state index < -0.39 is 5.95 Å². The van der Waals surface area contributed by atoms with Gasteiger partial charge in [0.1, 0.15) is 0 Å². The average molecular weight is 281 g/mol. The Hall–Kier alpha value is -1.63. The number of hydrogen-bond donors (Lipinski definition) is 0. The topological polar surface area (TPSA) is 36.7 Å². The standard InChI is InChI=1S/C13H7Cl2FN2/c14-8-1-2-9(11(15)7-8)10-3-4-13(16)18-12(10)5-6-17/h1-4,7H,5H2. The fourth-order valence-corrected chi connectivity index (χ4v) is 2.15. The Morgan fingerprint density at radius 2 is 1.89 bits per heavy atom. The maximum atomic E-state index is 13.1. The zero-order valence-corrected chi connectivity index (χ0v) is 10.6. The second-order valence-corrected chi connectivity index (χ2v) is 4.43. The van der Waals surface area contributed by atoms with Crippen molar-refractivity contribution < 1.29 is 4.39 Å². The first-order valence-corrected chi connectivity index (χ1v) is 5.85. The summed E-state index contributed by atoms with van der Waals surface area (Å²) in [6.07, 6.45) is 0.0199. The summed E-state index contributed by atoms with van der Waals surface area (Å²) in [7, 11) is 0. The molecule has 90 valence electrons. The number of halogens is 3. The SMILES string of the molecule is N#CCc1nc(F)ccc1-c1ccc(Cl)cc1Cl. The predicted octanol–water partition coefficient (Wildman–Crippen LogP) is 4.26. The summed E-state index contributed by atoms with van der Waals surface area (Å²) in [5.41, 5.74) is 1.68. The third-order valence-electron chi connectivity index (χ3n) is 2.41. The third kappa shape index (κ3) is 2.61. The van der Waals surface area contributed by atoms with Gasteiger partial charge in [0.05, 0.1) is 18.2 Å². The van der Waals surface area contributed by atoms with Crippen molar-refractivity contribution in [3.63, 3.8) is 0 Å². The van der Waals surface area contributed by atoms with E-state index >= 15 is 0 Å². The van der Waals surface area contributed by atoms with Crippen LogP contribution in [0.5, 0.6) is 0 Å². The van der Waals surface area contributed by atoms with E-state index in [1.165, 1.54) is 6.07 Å². The van der Waals surface area contributed by atoms with Crippen LogP contribution in [0.15, 0.2) is 30.3 Å². The highest BCUT2D eigenvalue weighted by Crippen LogP contribution is 2.32. The van der Waals surface area contributed by atoms with Gasteiger partial charge in [0, 0.05) is 21.2 Å². The Kier molecular flexibility index (Phi) is 3.81. The molecule has 0 bridgehead atoms. The van der Waals surface area contributed by atoms with Crippen molar-refractivity contribution in [3.05, 3.63) is 52.0 Å². The molecule has 0 radical (unpaired) electrons. The Morgan fingerprint density at radius 1 is 1.17 bits per heavy atom. The number of pyridine rings is 1. The van der Waals surface area contributed by atoms with Crippen LogP contribution in [0.4, 0.5) is 4.39 Å². The van der Waals surface area contributed by atoms with Gasteiger partial charge in [0.25, 0.3) is 0 Å². The highest BCUT2D eigenvalue weighted by Gasteiger charge is 2.11. The predicted molar refractivity (Wildman–Crippen MR) is 69.0 cm³/mol. The normalized spacial score (nSPS) is 10.1. The third-order valence-corrected chi connectivity index (χ3v) is 2.96. The van der Waals surface area contributed by atoms with Crippen LogP contribution in [-0.2, 0) is 6.42 Å². The second-order valence-electron chi connectivity index (χ2n) is 3.59. The molecule has 5 heteroatoms. The first kappa shape index (κ1) is 12.8. The molecule has 0 spiro atoms. The first-order chi connectivity index (χ1) is 8.61. The van der Waals surface area contributed by atoms with Crippen molar-refractivity contribution in [2.75, 3.05) is 0 Å². The highest BCUT2D eigenvalue weighted by atomic mass is 35.5. The van der Waals surface area contributed by atoms with Crippen LogP contribution in [0.1, 0.15) is 5.69 Å². The monoisotopic (exact) mass is 280 g/mol. The molecule has 1 aromatic heterocycles. The molecule has 0 aliphatic carbocycles. The first-order valence-electron chi connectivity index (χ1n) is 5.09. The molecule has 0 unspecified atom stereocenters. The van der Waals surface area contributed by atoms with Crippen LogP contribution in [0.2, 0.25) is 10.0 Å². The van der Waals surface area contributed by atoms with Gasteiger partial charge in [-0.05, 0) is 24.3 Å². The molecule has 0 saturated carbocycles. The van der Waals surface area contributed by atoms with Crippen molar-refractivity contribution in [3.8, 4) is 17.2 Å². The lowest BCUT2D eigenvalue weighted by atomic mass is 10.0. The molecular weight excluding hydrogens is 274 g/mol. The number of nitrogens with zero attached hydrogens (tertiary/aromatic N) is 2. The summed E-state index contributed by atoms with van der Waals surface area (Å²) < 4.78 is 13.1. The van der Waals surface area contributed by atoms with Crippen LogP contribution in [0.3, 0.4) is 0 Å². The Bertz CT molecular complexity index is 635. The molecule has 0 amide bonds. The maximum absolute atomic E-state index is 13.1. The van der Waals surface area contributed by atoms with Crippen LogP contribution < -0.4 is 0 Å². The number of rotatable bonds is 2. The van der Waals surface area contributed by atoms with Crippen LogP contribution in [0, 0.1) is 17.3 Å². The maximum Gasteiger partial charge on any atom is 0.213 e. The van der Waals surface area contributed by atoms with E-state index in [2.05, 4.69) is 4.98 Å². The molecule has 0 fully saturated rings. The summed E-state index contributed by atoms with van der Waals surface area (Å²) in [4.78, 5) is 3.72. The smallest absolute Gasteiger partial charge is 0.213 e. The van der Waals surface area contributed by atoms with Gasteiger partial charge >= 0.3 is 0 Å². The van der Waals surface area contributed by atoms with Gasteiger partial charge in [-0.1, -0.05) is 29.3 Å². The van der Waals surface area contributed by atoms with Crippen LogP contribution in [0.25, 0.3) is 11.1 Å². The van der Waals surface area contributed by atoms with Crippen molar-refractivity contribution in [1.29, 1.82) is 5.26 Å². The van der Waals surface area contributed by atoms with Gasteiger partial charge in [-0.15, -0.1) is 0 Å². The minimum Gasteiger partial charge on any atom is -0.223 e. The lowest BCUT2D eigenvalue weighted by Gasteiger charge is -2.08. The summed E-state index contributed by atoms with van der Waals surface area (Å²) in [6.45, 7) is 0. The largest absolute Gasteiger partial charge is 0.223 e.